The molecule has 3 atom stereocenters. The second-order valence-corrected chi connectivity index (χ2v) is 10.7. The van der Waals surface area contributed by atoms with Crippen molar-refractivity contribution < 1.29 is 33.0 Å². The summed E-state index contributed by atoms with van der Waals surface area (Å²) in [7, 11) is 0. The molecule has 1 saturated heterocycles. The number of halogens is 4. The quantitative estimate of drug-likeness (QED) is 0.368. The fraction of sp³-hybridized carbons (Fsp3) is 0.333. The number of amides is 2. The van der Waals surface area contributed by atoms with Crippen LogP contribution in [0.25, 0.3) is 0 Å². The van der Waals surface area contributed by atoms with Crippen LogP contribution in [0.2, 0.25) is 5.02 Å². The van der Waals surface area contributed by atoms with E-state index in [1.807, 2.05) is 6.07 Å². The number of benzene rings is 2. The molecule has 1 fully saturated rings. The van der Waals surface area contributed by atoms with Crippen molar-refractivity contribution in [3.05, 3.63) is 92.1 Å². The van der Waals surface area contributed by atoms with Crippen LogP contribution in [0, 0.1) is 0 Å². The maximum absolute atomic E-state index is 13.3. The topological polar surface area (TPSA) is 89.9 Å². The van der Waals surface area contributed by atoms with Crippen LogP contribution in [-0.4, -0.2) is 45.7 Å². The molecule has 11 heteroatoms. The summed E-state index contributed by atoms with van der Waals surface area (Å²) in [5.41, 5.74) is 0.258. The summed E-state index contributed by atoms with van der Waals surface area (Å²) in [6, 6.07) is 15.4. The van der Waals surface area contributed by atoms with Crippen LogP contribution in [0.3, 0.4) is 0 Å². The number of alkyl halides is 3. The van der Waals surface area contributed by atoms with Crippen molar-refractivity contribution in [3.63, 3.8) is 0 Å². The minimum Gasteiger partial charge on any atom is -0.380 e. The molecular formula is C27H26ClF3N2O4S. The molecule has 6 nitrogen and oxygen atoms in total. The number of likely N-dealkylation sites (tertiary alicyclic amines) is 1. The van der Waals surface area contributed by atoms with Crippen LogP contribution >= 0.6 is 22.9 Å². The minimum absolute atomic E-state index is 0.0166. The number of rotatable bonds is 8. The van der Waals surface area contributed by atoms with Gasteiger partial charge in [0.05, 0.1) is 18.2 Å². The highest BCUT2D eigenvalue weighted by Crippen LogP contribution is 2.35. The van der Waals surface area contributed by atoms with Crippen LogP contribution < -0.4 is 5.32 Å². The van der Waals surface area contributed by atoms with Gasteiger partial charge in [0.1, 0.15) is 0 Å². The van der Waals surface area contributed by atoms with Gasteiger partial charge in [0.2, 0.25) is 0 Å². The zero-order chi connectivity index (χ0) is 27.4. The van der Waals surface area contributed by atoms with E-state index >= 15 is 0 Å². The Morgan fingerprint density at radius 3 is 2.53 bits per heavy atom. The average molecular weight is 567 g/mol. The molecular weight excluding hydrogens is 541 g/mol. The van der Waals surface area contributed by atoms with Crippen LogP contribution in [0.5, 0.6) is 0 Å². The first kappa shape index (κ1) is 28.1. The van der Waals surface area contributed by atoms with Gasteiger partial charge in [-0.05, 0) is 54.3 Å². The molecule has 0 radical (unpaired) electrons. The van der Waals surface area contributed by atoms with Gasteiger partial charge in [0, 0.05) is 27.7 Å². The van der Waals surface area contributed by atoms with Gasteiger partial charge in [0.15, 0.2) is 12.2 Å². The molecule has 0 aliphatic carbocycles. The van der Waals surface area contributed by atoms with Crippen LogP contribution in [0.15, 0.2) is 60.7 Å². The third kappa shape index (κ3) is 6.55. The molecule has 3 N–H and O–H groups in total. The SMILES string of the molecule is O=C(NCc1ccc(Cc2ccccc2C(F)(F)F)s1)[C@H](O)[C@@H](O)C(=O)N1CCC[C@@H]1c1cccc(Cl)c1. The number of nitrogens with one attached hydrogen (secondary N) is 1. The van der Waals surface area contributed by atoms with E-state index in [4.69, 9.17) is 11.6 Å². The predicted molar refractivity (Wildman–Crippen MR) is 138 cm³/mol. The number of aliphatic hydroxyl groups is 2. The van der Waals surface area contributed by atoms with E-state index < -0.39 is 35.8 Å². The summed E-state index contributed by atoms with van der Waals surface area (Å²) in [6.07, 6.45) is -6.95. The number of aliphatic hydroxyl groups excluding tert-OH is 2. The van der Waals surface area contributed by atoms with E-state index in [-0.39, 0.29) is 24.6 Å². The monoisotopic (exact) mass is 566 g/mol. The fourth-order valence-corrected chi connectivity index (χ4v) is 5.75. The third-order valence-electron chi connectivity index (χ3n) is 6.43. The summed E-state index contributed by atoms with van der Waals surface area (Å²) in [4.78, 5) is 28.2. The summed E-state index contributed by atoms with van der Waals surface area (Å²) in [5.74, 6) is -1.68. The van der Waals surface area contributed by atoms with E-state index in [9.17, 15) is 33.0 Å². The number of carbonyl (C=O) groups excluding carboxylic acids is 2. The van der Waals surface area contributed by atoms with E-state index in [0.717, 1.165) is 11.6 Å². The molecule has 0 unspecified atom stereocenters. The maximum atomic E-state index is 13.3. The van der Waals surface area contributed by atoms with Gasteiger partial charge in [-0.3, -0.25) is 9.59 Å². The van der Waals surface area contributed by atoms with Crippen molar-refractivity contribution in [1.29, 1.82) is 0 Å². The van der Waals surface area contributed by atoms with Gasteiger partial charge < -0.3 is 20.4 Å². The number of carbonyl (C=O) groups is 2. The smallest absolute Gasteiger partial charge is 0.380 e. The van der Waals surface area contributed by atoms with Crippen LogP contribution in [-0.2, 0) is 28.7 Å². The highest BCUT2D eigenvalue weighted by Gasteiger charge is 2.38. The average Bonchev–Trinajstić information content (AvgIpc) is 3.55. The second-order valence-electron chi connectivity index (χ2n) is 9.05. The van der Waals surface area contributed by atoms with Crippen molar-refractivity contribution in [3.8, 4) is 0 Å². The Kier molecular flexibility index (Phi) is 8.77. The lowest BCUT2D eigenvalue weighted by Crippen LogP contribution is -2.50. The largest absolute Gasteiger partial charge is 0.416 e. The van der Waals surface area contributed by atoms with Crippen molar-refractivity contribution in [2.45, 2.75) is 50.2 Å². The number of hydrogen-bond donors (Lipinski definition) is 3. The number of nitrogens with zero attached hydrogens (tertiary/aromatic N) is 1. The fourth-order valence-electron chi connectivity index (χ4n) is 4.57. The van der Waals surface area contributed by atoms with Gasteiger partial charge in [-0.15, -0.1) is 11.3 Å². The lowest BCUT2D eigenvalue weighted by Gasteiger charge is -2.28. The molecule has 2 amide bonds. The Hall–Kier alpha value is -2.92. The standard InChI is InChI=1S/C27H26ClF3N2O4S/c28-18-7-3-6-17(13-18)22-9-4-12-33(22)26(37)24(35)23(34)25(36)32-15-20-11-10-19(38-20)14-16-5-1-2-8-21(16)27(29,30)31/h1-3,5-8,10-11,13,22-24,34-35H,4,9,12,14-15H2,(H,32,36)/t22-,23-,24-/m1/s1. The van der Waals surface area contributed by atoms with Gasteiger partial charge in [-0.1, -0.05) is 41.9 Å². The molecule has 202 valence electrons. The normalized spacial score (nSPS) is 17.3. The molecule has 0 saturated carbocycles. The second kappa shape index (κ2) is 11.9. The van der Waals surface area contributed by atoms with Gasteiger partial charge in [-0.25, -0.2) is 0 Å². The molecule has 1 aliphatic heterocycles. The molecule has 3 aromatic rings. The van der Waals surface area contributed by atoms with Crippen LogP contribution in [0.4, 0.5) is 13.2 Å². The summed E-state index contributed by atoms with van der Waals surface area (Å²) in [6.45, 7) is 0.355. The zero-order valence-electron chi connectivity index (χ0n) is 20.1. The Balaban J connectivity index is 1.34. The zero-order valence-corrected chi connectivity index (χ0v) is 21.7. The predicted octanol–water partition coefficient (Wildman–Crippen LogP) is 4.71. The Morgan fingerprint density at radius 2 is 1.79 bits per heavy atom. The molecule has 38 heavy (non-hydrogen) atoms. The Morgan fingerprint density at radius 1 is 1.05 bits per heavy atom. The molecule has 1 aromatic heterocycles. The van der Waals surface area contributed by atoms with Gasteiger partial charge >= 0.3 is 6.18 Å². The highest BCUT2D eigenvalue weighted by atomic mass is 35.5. The lowest BCUT2D eigenvalue weighted by molar-refractivity contribution is -0.153. The molecule has 4 rings (SSSR count). The van der Waals surface area contributed by atoms with E-state index in [2.05, 4.69) is 5.32 Å². The third-order valence-corrected chi connectivity index (χ3v) is 7.75. The first-order valence-corrected chi connectivity index (χ1v) is 13.2. The van der Waals surface area contributed by atoms with Gasteiger partial charge in [0.25, 0.3) is 11.8 Å². The van der Waals surface area contributed by atoms with Crippen LogP contribution in [0.1, 0.15) is 45.3 Å². The van der Waals surface area contributed by atoms with E-state index in [0.29, 0.717) is 34.2 Å². The van der Waals surface area contributed by atoms with Crippen molar-refractivity contribution in [2.24, 2.45) is 0 Å². The van der Waals surface area contributed by atoms with Gasteiger partial charge in [-0.2, -0.15) is 13.2 Å². The lowest BCUT2D eigenvalue weighted by atomic mass is 10.0. The first-order chi connectivity index (χ1) is 18.0. The Bertz CT molecular complexity index is 1300. The minimum atomic E-state index is -4.46. The van der Waals surface area contributed by atoms with Crippen molar-refractivity contribution >= 4 is 34.8 Å². The summed E-state index contributed by atoms with van der Waals surface area (Å²) < 4.78 is 39.8. The molecule has 0 bridgehead atoms. The summed E-state index contributed by atoms with van der Waals surface area (Å²) in [5, 5.41) is 23.8. The van der Waals surface area contributed by atoms with Crippen molar-refractivity contribution in [1.82, 2.24) is 10.2 Å². The van der Waals surface area contributed by atoms with Crippen molar-refractivity contribution in [2.75, 3.05) is 6.54 Å². The van der Waals surface area contributed by atoms with E-state index in [1.165, 1.54) is 28.4 Å². The molecule has 2 aromatic carbocycles. The maximum Gasteiger partial charge on any atom is 0.416 e. The number of thiophene rings is 1. The highest BCUT2D eigenvalue weighted by molar-refractivity contribution is 7.12. The molecule has 2 heterocycles. The molecule has 0 spiro atoms. The molecule has 1 aliphatic rings. The Labute approximate surface area is 226 Å². The first-order valence-electron chi connectivity index (χ1n) is 12.0. The number of hydrogen-bond acceptors (Lipinski definition) is 5. The summed E-state index contributed by atoms with van der Waals surface area (Å²) >= 11 is 7.29. The van der Waals surface area contributed by atoms with E-state index in [1.54, 1.807) is 36.4 Å².